The number of ether oxygens (including phenoxy) is 1. The van der Waals surface area contributed by atoms with Crippen LogP contribution in [-0.4, -0.2) is 37.2 Å². The van der Waals surface area contributed by atoms with Crippen LogP contribution in [0.5, 0.6) is 0 Å². The molecule has 0 radical (unpaired) electrons. The van der Waals surface area contributed by atoms with Gasteiger partial charge in [-0.05, 0) is 32.7 Å². The Balaban J connectivity index is 0.00000162. The Hall–Kier alpha value is -0.320. The molecule has 1 saturated carbocycles. The first kappa shape index (κ1) is 15.7. The SMILES string of the molecule is COC1(C)CC(NC(=O)[C@@H]2CCCN2)C1(C)C.Cl. The minimum absolute atomic E-state index is 0. The molecule has 1 heterocycles. The first-order valence-electron chi connectivity index (χ1n) is 6.49. The molecule has 2 rings (SSSR count). The van der Waals surface area contributed by atoms with Crippen LogP contribution in [0.3, 0.4) is 0 Å². The molecule has 2 fully saturated rings. The fourth-order valence-electron chi connectivity index (χ4n) is 2.90. The monoisotopic (exact) mass is 276 g/mol. The second-order valence-corrected chi connectivity index (χ2v) is 6.07. The second kappa shape index (κ2) is 5.35. The van der Waals surface area contributed by atoms with Gasteiger partial charge < -0.3 is 15.4 Å². The molecule has 0 aromatic heterocycles. The summed E-state index contributed by atoms with van der Waals surface area (Å²) in [7, 11) is 1.75. The quantitative estimate of drug-likeness (QED) is 0.821. The van der Waals surface area contributed by atoms with E-state index in [1.807, 2.05) is 0 Å². The molecule has 2 N–H and O–H groups in total. The Labute approximate surface area is 116 Å². The molecule has 0 aromatic rings. The van der Waals surface area contributed by atoms with Gasteiger partial charge in [0.2, 0.25) is 5.91 Å². The van der Waals surface area contributed by atoms with E-state index in [0.29, 0.717) is 0 Å². The molecule has 1 amide bonds. The highest BCUT2D eigenvalue weighted by atomic mass is 35.5. The van der Waals surface area contributed by atoms with Crippen molar-refractivity contribution >= 4 is 18.3 Å². The number of carbonyl (C=O) groups excluding carboxylic acids is 1. The number of rotatable bonds is 3. The minimum atomic E-state index is -0.117. The van der Waals surface area contributed by atoms with Gasteiger partial charge in [-0.3, -0.25) is 4.79 Å². The number of halogens is 1. The van der Waals surface area contributed by atoms with E-state index < -0.39 is 0 Å². The van der Waals surface area contributed by atoms with Crippen LogP contribution in [0.4, 0.5) is 0 Å². The number of nitrogens with one attached hydrogen (secondary N) is 2. The van der Waals surface area contributed by atoms with Crippen molar-refractivity contribution in [2.45, 2.75) is 57.7 Å². The zero-order valence-corrected chi connectivity index (χ0v) is 12.5. The number of methoxy groups -OCH3 is 1. The molecule has 18 heavy (non-hydrogen) atoms. The fourth-order valence-corrected chi connectivity index (χ4v) is 2.90. The maximum Gasteiger partial charge on any atom is 0.237 e. The standard InChI is InChI=1S/C13H24N2O2.ClH/c1-12(2)10(8-13(12,3)17-4)15-11(16)9-6-5-7-14-9;/h9-10,14H,5-8H2,1-4H3,(H,15,16);1H/t9-,10?,13?;/m0./s1. The van der Waals surface area contributed by atoms with E-state index in [4.69, 9.17) is 4.74 Å². The lowest BCUT2D eigenvalue weighted by atomic mass is 9.56. The number of amides is 1. The average Bonchev–Trinajstić information content (AvgIpc) is 2.81. The van der Waals surface area contributed by atoms with Crippen molar-refractivity contribution < 1.29 is 9.53 Å². The van der Waals surface area contributed by atoms with Crippen molar-refractivity contribution in [2.75, 3.05) is 13.7 Å². The third-order valence-corrected chi connectivity index (χ3v) is 4.97. The molecular formula is C13H25ClN2O2. The summed E-state index contributed by atoms with van der Waals surface area (Å²) in [5.74, 6) is 0.152. The first-order chi connectivity index (χ1) is 7.90. The normalized spacial score (nSPS) is 37.6. The molecule has 2 unspecified atom stereocenters. The van der Waals surface area contributed by atoms with E-state index >= 15 is 0 Å². The summed E-state index contributed by atoms with van der Waals surface area (Å²) in [5, 5.41) is 6.39. The third-order valence-electron chi connectivity index (χ3n) is 4.97. The number of carbonyl (C=O) groups is 1. The van der Waals surface area contributed by atoms with Gasteiger partial charge in [0.15, 0.2) is 0 Å². The summed E-state index contributed by atoms with van der Waals surface area (Å²) in [6.07, 6.45) is 2.96. The molecule has 0 aromatic carbocycles. The topological polar surface area (TPSA) is 50.4 Å². The molecule has 2 aliphatic rings. The molecule has 106 valence electrons. The summed E-state index contributed by atoms with van der Waals surface area (Å²) >= 11 is 0. The van der Waals surface area contributed by atoms with Crippen LogP contribution in [0, 0.1) is 5.41 Å². The van der Waals surface area contributed by atoms with Gasteiger partial charge in [0.25, 0.3) is 0 Å². The Kier molecular flexibility index (Phi) is 4.68. The van der Waals surface area contributed by atoms with Crippen molar-refractivity contribution in [1.29, 1.82) is 0 Å². The van der Waals surface area contributed by atoms with Crippen molar-refractivity contribution in [3.05, 3.63) is 0 Å². The Morgan fingerprint density at radius 1 is 1.39 bits per heavy atom. The van der Waals surface area contributed by atoms with Gasteiger partial charge in [-0.15, -0.1) is 12.4 Å². The third kappa shape index (κ3) is 2.38. The molecular weight excluding hydrogens is 252 g/mol. The predicted octanol–water partition coefficient (Wildman–Crippen LogP) is 1.48. The smallest absolute Gasteiger partial charge is 0.237 e. The van der Waals surface area contributed by atoms with Crippen LogP contribution < -0.4 is 10.6 Å². The average molecular weight is 277 g/mol. The highest BCUT2D eigenvalue weighted by molar-refractivity contribution is 5.85. The van der Waals surface area contributed by atoms with Crippen LogP contribution in [0.1, 0.15) is 40.0 Å². The largest absolute Gasteiger partial charge is 0.378 e. The molecule has 1 aliphatic heterocycles. The Morgan fingerprint density at radius 2 is 2.06 bits per heavy atom. The maximum atomic E-state index is 12.0. The van der Waals surface area contributed by atoms with E-state index in [-0.39, 0.29) is 41.4 Å². The number of hydrogen-bond acceptors (Lipinski definition) is 3. The summed E-state index contributed by atoms with van der Waals surface area (Å²) in [6, 6.07) is 0.238. The highest BCUT2D eigenvalue weighted by Crippen LogP contribution is 2.51. The Bertz CT molecular complexity index is 316. The van der Waals surface area contributed by atoms with E-state index in [1.54, 1.807) is 7.11 Å². The van der Waals surface area contributed by atoms with Gasteiger partial charge in [-0.25, -0.2) is 0 Å². The van der Waals surface area contributed by atoms with Crippen LogP contribution in [-0.2, 0) is 9.53 Å². The van der Waals surface area contributed by atoms with E-state index in [2.05, 4.69) is 31.4 Å². The molecule has 1 saturated heterocycles. The van der Waals surface area contributed by atoms with E-state index in [0.717, 1.165) is 25.8 Å². The van der Waals surface area contributed by atoms with Gasteiger partial charge in [-0.1, -0.05) is 13.8 Å². The molecule has 5 heteroatoms. The van der Waals surface area contributed by atoms with Crippen molar-refractivity contribution in [2.24, 2.45) is 5.41 Å². The minimum Gasteiger partial charge on any atom is -0.378 e. The molecule has 0 bridgehead atoms. The van der Waals surface area contributed by atoms with Gasteiger partial charge in [0.1, 0.15) is 0 Å². The lowest BCUT2D eigenvalue weighted by Gasteiger charge is -2.59. The zero-order chi connectivity index (χ0) is 12.7. The van der Waals surface area contributed by atoms with Gasteiger partial charge in [0, 0.05) is 18.6 Å². The highest BCUT2D eigenvalue weighted by Gasteiger charge is 2.58. The predicted molar refractivity (Wildman–Crippen MR) is 74.0 cm³/mol. The fraction of sp³-hybridized carbons (Fsp3) is 0.923. The van der Waals surface area contributed by atoms with Crippen molar-refractivity contribution in [3.8, 4) is 0 Å². The lowest BCUT2D eigenvalue weighted by Crippen LogP contribution is -2.69. The van der Waals surface area contributed by atoms with Crippen LogP contribution in [0.15, 0.2) is 0 Å². The first-order valence-corrected chi connectivity index (χ1v) is 6.49. The molecule has 1 aliphatic carbocycles. The summed E-state index contributed by atoms with van der Waals surface area (Å²) < 4.78 is 5.56. The molecule has 4 nitrogen and oxygen atoms in total. The number of hydrogen-bond donors (Lipinski definition) is 2. The second-order valence-electron chi connectivity index (χ2n) is 6.07. The van der Waals surface area contributed by atoms with Gasteiger partial charge >= 0.3 is 0 Å². The van der Waals surface area contributed by atoms with Crippen LogP contribution in [0.2, 0.25) is 0 Å². The lowest BCUT2D eigenvalue weighted by molar-refractivity contribution is -0.182. The maximum absolute atomic E-state index is 12.0. The molecule has 3 atom stereocenters. The molecule has 0 spiro atoms. The summed E-state index contributed by atoms with van der Waals surface area (Å²) in [5.41, 5.74) is -0.121. The van der Waals surface area contributed by atoms with Crippen molar-refractivity contribution in [3.63, 3.8) is 0 Å². The zero-order valence-electron chi connectivity index (χ0n) is 11.7. The van der Waals surface area contributed by atoms with Gasteiger partial charge in [0.05, 0.1) is 11.6 Å². The summed E-state index contributed by atoms with van der Waals surface area (Å²) in [6.45, 7) is 7.39. The van der Waals surface area contributed by atoms with E-state index in [1.165, 1.54) is 0 Å². The van der Waals surface area contributed by atoms with E-state index in [9.17, 15) is 4.79 Å². The van der Waals surface area contributed by atoms with Crippen LogP contribution in [0.25, 0.3) is 0 Å². The van der Waals surface area contributed by atoms with Gasteiger partial charge in [-0.2, -0.15) is 0 Å². The summed E-state index contributed by atoms with van der Waals surface area (Å²) in [4.78, 5) is 12.0. The van der Waals surface area contributed by atoms with Crippen molar-refractivity contribution in [1.82, 2.24) is 10.6 Å². The Morgan fingerprint density at radius 3 is 2.50 bits per heavy atom. The van der Waals surface area contributed by atoms with Crippen LogP contribution >= 0.6 is 12.4 Å².